The molecular weight excluding hydrogens is 238 g/mol. The maximum Gasteiger partial charge on any atom is 0.265 e. The topological polar surface area (TPSA) is 71.8 Å². The van der Waals surface area contributed by atoms with Gasteiger partial charge in [-0.15, -0.1) is 12.4 Å². The molecule has 17 heavy (non-hydrogen) atoms. The summed E-state index contributed by atoms with van der Waals surface area (Å²) >= 11 is 0. The zero-order valence-corrected chi connectivity index (χ0v) is 9.62. The molecule has 0 spiro atoms. The van der Waals surface area contributed by atoms with Crippen molar-refractivity contribution in [2.75, 3.05) is 0 Å². The molecule has 0 saturated carbocycles. The number of carbonyl (C=O) groups excluding carboxylic acids is 1. The van der Waals surface area contributed by atoms with E-state index in [2.05, 4.69) is 9.97 Å². The highest BCUT2D eigenvalue weighted by Gasteiger charge is 2.08. The summed E-state index contributed by atoms with van der Waals surface area (Å²) in [5, 5.41) is 1.89. The fourth-order valence-corrected chi connectivity index (χ4v) is 1.86. The molecule has 1 amide bonds. The average molecular weight is 248 g/mol. The minimum Gasteiger partial charge on any atom is -0.364 e. The van der Waals surface area contributed by atoms with Crippen molar-refractivity contribution in [3.8, 4) is 0 Å². The number of hydrogen-bond donors (Lipinski definition) is 2. The Morgan fingerprint density at radius 3 is 2.82 bits per heavy atom. The monoisotopic (exact) mass is 247 g/mol. The molecule has 3 N–H and O–H groups in total. The van der Waals surface area contributed by atoms with Gasteiger partial charge in [-0.1, -0.05) is 18.2 Å². The number of halogens is 1. The normalized spacial score (nSPS) is 10.4. The van der Waals surface area contributed by atoms with Crippen LogP contribution in [0.5, 0.6) is 0 Å². The van der Waals surface area contributed by atoms with Crippen molar-refractivity contribution < 1.29 is 4.79 Å². The number of benzene rings is 1. The summed E-state index contributed by atoms with van der Waals surface area (Å²) in [4.78, 5) is 18.4. The Kier molecular flexibility index (Phi) is 2.73. The second kappa shape index (κ2) is 4.07. The van der Waals surface area contributed by atoms with Gasteiger partial charge in [-0.3, -0.25) is 9.78 Å². The summed E-state index contributed by atoms with van der Waals surface area (Å²) in [5.41, 5.74) is 7.44. The summed E-state index contributed by atoms with van der Waals surface area (Å²) in [6.45, 7) is 0. The first-order valence-corrected chi connectivity index (χ1v) is 4.92. The Bertz CT molecular complexity index is 705. The highest BCUT2D eigenvalue weighted by atomic mass is 35.5. The largest absolute Gasteiger partial charge is 0.364 e. The van der Waals surface area contributed by atoms with Gasteiger partial charge < -0.3 is 10.7 Å². The summed E-state index contributed by atoms with van der Waals surface area (Å²) in [6.07, 6.45) is 1.74. The van der Waals surface area contributed by atoms with Crippen LogP contribution in [-0.4, -0.2) is 15.9 Å². The summed E-state index contributed by atoms with van der Waals surface area (Å²) in [7, 11) is 0. The third kappa shape index (κ3) is 1.72. The van der Waals surface area contributed by atoms with Crippen LogP contribution in [0, 0.1) is 0 Å². The first kappa shape index (κ1) is 11.4. The first-order chi connectivity index (χ1) is 7.75. The molecule has 3 rings (SSSR count). The molecule has 2 heterocycles. The maximum atomic E-state index is 11.1. The third-order valence-electron chi connectivity index (χ3n) is 2.63. The van der Waals surface area contributed by atoms with Crippen molar-refractivity contribution in [3.05, 3.63) is 42.2 Å². The van der Waals surface area contributed by atoms with Gasteiger partial charge in [0.05, 0.1) is 11.0 Å². The van der Waals surface area contributed by atoms with E-state index in [1.807, 2.05) is 24.3 Å². The molecule has 5 heteroatoms. The number of aromatic amines is 1. The molecular formula is C12H10ClN3O. The van der Waals surface area contributed by atoms with E-state index in [4.69, 9.17) is 5.73 Å². The quantitative estimate of drug-likeness (QED) is 0.692. The second-order valence-electron chi connectivity index (χ2n) is 3.65. The van der Waals surface area contributed by atoms with Gasteiger partial charge in [0.25, 0.3) is 5.91 Å². The van der Waals surface area contributed by atoms with Gasteiger partial charge in [-0.2, -0.15) is 0 Å². The van der Waals surface area contributed by atoms with Gasteiger partial charge in [0.2, 0.25) is 0 Å². The van der Waals surface area contributed by atoms with Crippen LogP contribution < -0.4 is 5.73 Å². The van der Waals surface area contributed by atoms with E-state index in [0.29, 0.717) is 5.69 Å². The number of pyridine rings is 1. The lowest BCUT2D eigenvalue weighted by molar-refractivity contribution is 0.0996. The van der Waals surface area contributed by atoms with Gasteiger partial charge in [0, 0.05) is 17.0 Å². The average Bonchev–Trinajstić information content (AvgIpc) is 2.73. The first-order valence-electron chi connectivity index (χ1n) is 4.92. The number of amides is 1. The molecule has 0 saturated heterocycles. The van der Waals surface area contributed by atoms with E-state index in [-0.39, 0.29) is 12.4 Å². The minimum absolute atomic E-state index is 0. The number of para-hydroxylation sites is 1. The SMILES string of the molecule is Cl.NC(=O)c1cc2cnc3ccccc3c2[nH]1. The van der Waals surface area contributed by atoms with Crippen LogP contribution in [0.2, 0.25) is 0 Å². The predicted molar refractivity (Wildman–Crippen MR) is 69.4 cm³/mol. The zero-order valence-electron chi connectivity index (χ0n) is 8.81. The minimum atomic E-state index is -0.458. The van der Waals surface area contributed by atoms with Crippen molar-refractivity contribution in [3.63, 3.8) is 0 Å². The molecule has 0 aliphatic heterocycles. The molecule has 0 fully saturated rings. The zero-order chi connectivity index (χ0) is 11.1. The van der Waals surface area contributed by atoms with Crippen LogP contribution >= 0.6 is 12.4 Å². The standard InChI is InChI=1S/C12H9N3O.ClH/c13-12(16)10-5-7-6-14-9-4-2-1-3-8(9)11(7)15-10;/h1-6,15H,(H2,13,16);1H. The number of aromatic nitrogens is 2. The summed E-state index contributed by atoms with van der Waals surface area (Å²) < 4.78 is 0. The van der Waals surface area contributed by atoms with Crippen LogP contribution in [-0.2, 0) is 0 Å². The number of carbonyl (C=O) groups is 1. The molecule has 0 aliphatic carbocycles. The van der Waals surface area contributed by atoms with E-state index in [1.54, 1.807) is 12.3 Å². The number of nitrogens with zero attached hydrogens (tertiary/aromatic N) is 1. The van der Waals surface area contributed by atoms with Gasteiger partial charge in [-0.05, 0) is 12.1 Å². The van der Waals surface area contributed by atoms with Crippen LogP contribution in [0.15, 0.2) is 36.5 Å². The van der Waals surface area contributed by atoms with Crippen LogP contribution in [0.1, 0.15) is 10.5 Å². The van der Waals surface area contributed by atoms with Crippen molar-refractivity contribution in [2.24, 2.45) is 5.73 Å². The lowest BCUT2D eigenvalue weighted by Crippen LogP contribution is -2.10. The Balaban J connectivity index is 0.00000108. The van der Waals surface area contributed by atoms with E-state index in [9.17, 15) is 4.79 Å². The second-order valence-corrected chi connectivity index (χ2v) is 3.65. The van der Waals surface area contributed by atoms with Crippen LogP contribution in [0.25, 0.3) is 21.8 Å². The van der Waals surface area contributed by atoms with Gasteiger partial charge in [0.1, 0.15) is 5.69 Å². The molecule has 0 unspecified atom stereocenters. The number of nitrogens with one attached hydrogen (secondary N) is 1. The van der Waals surface area contributed by atoms with Crippen LogP contribution in [0.4, 0.5) is 0 Å². The lowest BCUT2D eigenvalue weighted by Gasteiger charge is -1.97. The molecule has 1 aromatic carbocycles. The molecule has 4 nitrogen and oxygen atoms in total. The fraction of sp³-hybridized carbons (Fsp3) is 0. The van der Waals surface area contributed by atoms with Gasteiger partial charge >= 0.3 is 0 Å². The van der Waals surface area contributed by atoms with E-state index in [0.717, 1.165) is 21.8 Å². The number of fused-ring (bicyclic) bond motifs is 3. The Morgan fingerprint density at radius 1 is 1.29 bits per heavy atom. The van der Waals surface area contributed by atoms with E-state index in [1.165, 1.54) is 0 Å². The van der Waals surface area contributed by atoms with Crippen molar-refractivity contribution in [1.29, 1.82) is 0 Å². The Hall–Kier alpha value is -2.07. The van der Waals surface area contributed by atoms with Crippen molar-refractivity contribution in [2.45, 2.75) is 0 Å². The van der Waals surface area contributed by atoms with Gasteiger partial charge in [0.15, 0.2) is 0 Å². The highest BCUT2D eigenvalue weighted by molar-refractivity contribution is 6.06. The van der Waals surface area contributed by atoms with E-state index >= 15 is 0 Å². The smallest absolute Gasteiger partial charge is 0.265 e. The molecule has 0 atom stereocenters. The Morgan fingerprint density at radius 2 is 2.06 bits per heavy atom. The molecule has 0 aliphatic rings. The predicted octanol–water partition coefficient (Wildman–Crippen LogP) is 2.24. The lowest BCUT2D eigenvalue weighted by atomic mass is 10.2. The fourth-order valence-electron chi connectivity index (χ4n) is 1.86. The molecule has 86 valence electrons. The van der Waals surface area contributed by atoms with E-state index < -0.39 is 5.91 Å². The molecule has 3 aromatic rings. The van der Waals surface area contributed by atoms with Crippen molar-refractivity contribution >= 4 is 40.1 Å². The number of rotatable bonds is 1. The summed E-state index contributed by atoms with van der Waals surface area (Å²) in [6, 6.07) is 9.48. The third-order valence-corrected chi connectivity index (χ3v) is 2.63. The highest BCUT2D eigenvalue weighted by Crippen LogP contribution is 2.23. The Labute approximate surface area is 103 Å². The number of nitrogens with two attached hydrogens (primary N) is 1. The van der Waals surface area contributed by atoms with Gasteiger partial charge in [-0.25, -0.2) is 0 Å². The molecule has 2 aromatic heterocycles. The number of primary amides is 1. The van der Waals surface area contributed by atoms with Crippen LogP contribution in [0.3, 0.4) is 0 Å². The molecule has 0 radical (unpaired) electrons. The number of H-pyrrole nitrogens is 1. The summed E-state index contributed by atoms with van der Waals surface area (Å²) in [5.74, 6) is -0.458. The molecule has 0 bridgehead atoms. The van der Waals surface area contributed by atoms with Crippen molar-refractivity contribution in [1.82, 2.24) is 9.97 Å². The maximum absolute atomic E-state index is 11.1. The number of hydrogen-bond acceptors (Lipinski definition) is 2.